The molecule has 2 nitrogen and oxygen atoms in total. The number of rotatable bonds is 4. The number of hydrogen-bond acceptors (Lipinski definition) is 3. The van der Waals surface area contributed by atoms with Crippen molar-refractivity contribution >= 4 is 17.8 Å². The molecule has 1 aromatic heterocycles. The van der Waals surface area contributed by atoms with Crippen LogP contribution in [0, 0.1) is 0 Å². The monoisotopic (exact) mass is 194 g/mol. The molecule has 0 fully saturated rings. The fraction of sp³-hybridized carbons (Fsp3) is 0.300. The fourth-order valence-corrected chi connectivity index (χ4v) is 1.44. The molecule has 1 heterocycles. The Morgan fingerprint density at radius 3 is 3.00 bits per heavy atom. The van der Waals surface area contributed by atoms with Crippen LogP contribution in [0.15, 0.2) is 30.6 Å². The summed E-state index contributed by atoms with van der Waals surface area (Å²) < 4.78 is 0. The highest BCUT2D eigenvalue weighted by Gasteiger charge is 1.95. The van der Waals surface area contributed by atoms with Crippen LogP contribution in [0.5, 0.6) is 0 Å². The summed E-state index contributed by atoms with van der Waals surface area (Å²) in [5.41, 5.74) is 1.14. The second-order valence-electron chi connectivity index (χ2n) is 2.59. The summed E-state index contributed by atoms with van der Waals surface area (Å²) in [4.78, 5) is 4.04. The van der Waals surface area contributed by atoms with Gasteiger partial charge in [-0.2, -0.15) is 0 Å². The van der Waals surface area contributed by atoms with E-state index < -0.39 is 0 Å². The minimum absolute atomic E-state index is 0.375. The van der Waals surface area contributed by atoms with E-state index >= 15 is 0 Å². The number of thioether (sulfide) groups is 1. The predicted molar refractivity (Wildman–Crippen MR) is 59.6 cm³/mol. The zero-order chi connectivity index (χ0) is 9.52. The first-order chi connectivity index (χ1) is 6.36. The first-order valence-electron chi connectivity index (χ1n) is 4.15. The molecule has 0 aliphatic heterocycles. The molecule has 0 aromatic carbocycles. The topological polar surface area (TPSA) is 24.9 Å². The molecule has 1 aromatic rings. The average Bonchev–Trinajstić information content (AvgIpc) is 2.21. The minimum atomic E-state index is 0.375. The van der Waals surface area contributed by atoms with Gasteiger partial charge in [0.25, 0.3) is 0 Å². The van der Waals surface area contributed by atoms with Crippen LogP contribution in [0.1, 0.15) is 5.56 Å². The van der Waals surface area contributed by atoms with Crippen LogP contribution in [0.25, 0.3) is 6.08 Å². The van der Waals surface area contributed by atoms with Crippen molar-refractivity contribution in [2.45, 2.75) is 5.37 Å². The lowest BCUT2D eigenvalue weighted by atomic mass is 10.2. The summed E-state index contributed by atoms with van der Waals surface area (Å²) in [5.74, 6) is 0. The number of nitrogens with one attached hydrogen (secondary N) is 1. The normalized spacial score (nSPS) is 13.4. The van der Waals surface area contributed by atoms with Crippen molar-refractivity contribution in [2.75, 3.05) is 13.3 Å². The molecule has 1 N–H and O–H groups in total. The molecule has 0 radical (unpaired) electrons. The largest absolute Gasteiger partial charge is 0.305 e. The summed E-state index contributed by atoms with van der Waals surface area (Å²) in [6.45, 7) is 0. The van der Waals surface area contributed by atoms with Crippen LogP contribution in [-0.4, -0.2) is 23.7 Å². The molecule has 1 unspecified atom stereocenters. The lowest BCUT2D eigenvalue weighted by Gasteiger charge is -2.06. The van der Waals surface area contributed by atoms with Crippen molar-refractivity contribution in [1.82, 2.24) is 10.3 Å². The van der Waals surface area contributed by atoms with Crippen molar-refractivity contribution in [1.29, 1.82) is 0 Å². The van der Waals surface area contributed by atoms with E-state index in [9.17, 15) is 0 Å². The molecule has 0 saturated carbocycles. The summed E-state index contributed by atoms with van der Waals surface area (Å²) in [6.07, 6.45) is 9.91. The smallest absolute Gasteiger partial charge is 0.0717 e. The van der Waals surface area contributed by atoms with Crippen molar-refractivity contribution in [3.8, 4) is 0 Å². The van der Waals surface area contributed by atoms with Crippen LogP contribution in [0.4, 0.5) is 0 Å². The molecule has 0 amide bonds. The van der Waals surface area contributed by atoms with Gasteiger partial charge < -0.3 is 5.32 Å². The maximum Gasteiger partial charge on any atom is 0.0717 e. The Balaban J connectivity index is 2.57. The molecule has 1 atom stereocenters. The molecular formula is C10H14N2S. The molecular weight excluding hydrogens is 180 g/mol. The third-order valence-corrected chi connectivity index (χ3v) is 2.59. The van der Waals surface area contributed by atoms with Gasteiger partial charge in [-0.1, -0.05) is 18.2 Å². The zero-order valence-electron chi connectivity index (χ0n) is 7.90. The lowest BCUT2D eigenvalue weighted by Crippen LogP contribution is -2.17. The number of aromatic nitrogens is 1. The fourth-order valence-electron chi connectivity index (χ4n) is 0.966. The van der Waals surface area contributed by atoms with Gasteiger partial charge in [0.15, 0.2) is 0 Å². The lowest BCUT2D eigenvalue weighted by molar-refractivity contribution is 0.871. The Morgan fingerprint density at radius 2 is 2.46 bits per heavy atom. The number of likely N-dealkylation sites (N-methyl/N-ethyl adjacent to an activating group) is 1. The van der Waals surface area contributed by atoms with E-state index in [1.807, 2.05) is 25.4 Å². The van der Waals surface area contributed by atoms with Gasteiger partial charge in [-0.15, -0.1) is 11.8 Å². The number of pyridine rings is 1. The molecule has 1 rings (SSSR count). The van der Waals surface area contributed by atoms with Gasteiger partial charge in [0.2, 0.25) is 0 Å². The third kappa shape index (κ3) is 3.61. The SMILES string of the molecule is CNC(/C=C\c1cccnc1)SC. The molecule has 3 heteroatoms. The molecule has 0 spiro atoms. The minimum Gasteiger partial charge on any atom is -0.305 e. The van der Waals surface area contributed by atoms with Gasteiger partial charge in [0.05, 0.1) is 5.37 Å². The van der Waals surface area contributed by atoms with E-state index in [0.717, 1.165) is 5.56 Å². The highest BCUT2D eigenvalue weighted by molar-refractivity contribution is 7.99. The van der Waals surface area contributed by atoms with Crippen LogP contribution >= 0.6 is 11.8 Å². The van der Waals surface area contributed by atoms with Crippen molar-refractivity contribution < 1.29 is 0 Å². The highest BCUT2D eigenvalue weighted by Crippen LogP contribution is 2.06. The molecule has 0 aliphatic rings. The second kappa shape index (κ2) is 5.78. The number of hydrogen-bond donors (Lipinski definition) is 1. The summed E-state index contributed by atoms with van der Waals surface area (Å²) in [6, 6.07) is 3.98. The maximum atomic E-state index is 4.04. The Bertz CT molecular complexity index is 255. The van der Waals surface area contributed by atoms with E-state index in [1.54, 1.807) is 18.0 Å². The van der Waals surface area contributed by atoms with Crippen molar-refractivity contribution in [3.05, 3.63) is 36.2 Å². The van der Waals surface area contributed by atoms with Crippen LogP contribution in [0.2, 0.25) is 0 Å². The Kier molecular flexibility index (Phi) is 4.57. The first-order valence-corrected chi connectivity index (χ1v) is 5.44. The Labute approximate surface area is 83.5 Å². The molecule has 0 bridgehead atoms. The van der Waals surface area contributed by atoms with Crippen LogP contribution in [-0.2, 0) is 0 Å². The number of nitrogens with zero attached hydrogens (tertiary/aromatic N) is 1. The van der Waals surface area contributed by atoms with Gasteiger partial charge in [0, 0.05) is 12.4 Å². The predicted octanol–water partition coefficient (Wildman–Crippen LogP) is 2.00. The maximum absolute atomic E-state index is 4.04. The van der Waals surface area contributed by atoms with Crippen molar-refractivity contribution in [3.63, 3.8) is 0 Å². The highest BCUT2D eigenvalue weighted by atomic mass is 32.2. The van der Waals surface area contributed by atoms with E-state index in [4.69, 9.17) is 0 Å². The van der Waals surface area contributed by atoms with E-state index in [-0.39, 0.29) is 0 Å². The van der Waals surface area contributed by atoms with Crippen molar-refractivity contribution in [2.24, 2.45) is 0 Å². The van der Waals surface area contributed by atoms with E-state index in [1.165, 1.54) is 0 Å². The van der Waals surface area contributed by atoms with E-state index in [0.29, 0.717) is 5.37 Å². The van der Waals surface area contributed by atoms with Gasteiger partial charge in [0.1, 0.15) is 0 Å². The quantitative estimate of drug-likeness (QED) is 0.742. The molecule has 13 heavy (non-hydrogen) atoms. The Hall–Kier alpha value is -0.800. The summed E-state index contributed by atoms with van der Waals surface area (Å²) in [7, 11) is 1.95. The average molecular weight is 194 g/mol. The van der Waals surface area contributed by atoms with Gasteiger partial charge in [-0.3, -0.25) is 4.98 Å². The third-order valence-electron chi connectivity index (χ3n) is 1.69. The van der Waals surface area contributed by atoms with E-state index in [2.05, 4.69) is 28.7 Å². The van der Waals surface area contributed by atoms with Crippen LogP contribution < -0.4 is 5.32 Å². The summed E-state index contributed by atoms with van der Waals surface area (Å²) >= 11 is 1.77. The molecule has 70 valence electrons. The van der Waals surface area contributed by atoms with Gasteiger partial charge in [-0.25, -0.2) is 0 Å². The Morgan fingerprint density at radius 1 is 1.62 bits per heavy atom. The van der Waals surface area contributed by atoms with Crippen LogP contribution in [0.3, 0.4) is 0 Å². The molecule has 0 saturated heterocycles. The standard InChI is InChI=1S/C10H14N2S/c1-11-10(13-2)6-5-9-4-3-7-12-8-9/h3-8,10-11H,1-2H3/b6-5-. The molecule has 0 aliphatic carbocycles. The zero-order valence-corrected chi connectivity index (χ0v) is 8.71. The first kappa shape index (κ1) is 10.3. The summed E-state index contributed by atoms with van der Waals surface area (Å²) in [5, 5.41) is 3.55. The second-order valence-corrected chi connectivity index (χ2v) is 3.57. The van der Waals surface area contributed by atoms with Gasteiger partial charge >= 0.3 is 0 Å². The van der Waals surface area contributed by atoms with Gasteiger partial charge in [-0.05, 0) is 24.9 Å².